The van der Waals surface area contributed by atoms with E-state index in [4.69, 9.17) is 0 Å². The van der Waals surface area contributed by atoms with E-state index < -0.39 is 0 Å². The summed E-state index contributed by atoms with van der Waals surface area (Å²) in [4.78, 5) is 48.2. The van der Waals surface area contributed by atoms with Crippen LogP contribution in [0.2, 0.25) is 0 Å². The van der Waals surface area contributed by atoms with Gasteiger partial charge in [-0.1, -0.05) is 0 Å². The van der Waals surface area contributed by atoms with Gasteiger partial charge in [0.1, 0.15) is 0 Å². The van der Waals surface area contributed by atoms with Crippen molar-refractivity contribution in [2.24, 2.45) is 4.99 Å². The second-order valence-electron chi connectivity index (χ2n) is 7.67. The zero-order valence-corrected chi connectivity index (χ0v) is 20.3. The first kappa shape index (κ1) is 24.6. The average Bonchev–Trinajstić information content (AvgIpc) is 3.38. The molecule has 0 radical (unpaired) electrons. The maximum Gasteiger partial charge on any atom is 0.324 e. The van der Waals surface area contributed by atoms with Crippen LogP contribution in [0.4, 0.5) is 4.79 Å². The molecule has 1 atom stereocenters. The maximum absolute atomic E-state index is 12.7. The van der Waals surface area contributed by atoms with E-state index in [1.54, 1.807) is 0 Å². The molecular weight excluding hydrogens is 501 g/mol. The lowest BCUT2D eigenvalue weighted by Gasteiger charge is -2.39. The number of likely N-dealkylation sites (tertiary alicyclic amines) is 1. The molecule has 3 saturated heterocycles. The molecule has 0 bridgehead atoms. The first-order chi connectivity index (χ1) is 14.0. The number of guanidine groups is 1. The van der Waals surface area contributed by atoms with E-state index in [2.05, 4.69) is 25.4 Å². The third-order valence-corrected chi connectivity index (χ3v) is 5.79. The van der Waals surface area contributed by atoms with Crippen molar-refractivity contribution in [2.45, 2.75) is 32.7 Å². The highest BCUT2D eigenvalue weighted by atomic mass is 127. The molecule has 0 aliphatic carbocycles. The summed E-state index contributed by atoms with van der Waals surface area (Å²) in [5.74, 6) is 0.822. The highest BCUT2D eigenvalue weighted by Gasteiger charge is 2.31. The Morgan fingerprint density at radius 3 is 2.33 bits per heavy atom. The molecule has 3 rings (SSSR count). The fourth-order valence-corrected chi connectivity index (χ4v) is 4.04. The predicted molar refractivity (Wildman–Crippen MR) is 125 cm³/mol. The Morgan fingerprint density at radius 1 is 1.10 bits per heavy atom. The van der Waals surface area contributed by atoms with Crippen LogP contribution in [0, 0.1) is 0 Å². The van der Waals surface area contributed by atoms with Crippen molar-refractivity contribution in [3.05, 3.63) is 0 Å². The molecule has 11 heteroatoms. The van der Waals surface area contributed by atoms with Gasteiger partial charge in [0.25, 0.3) is 0 Å². The molecule has 0 saturated carbocycles. The van der Waals surface area contributed by atoms with Crippen LogP contribution in [0.5, 0.6) is 0 Å². The number of amides is 4. The maximum atomic E-state index is 12.7. The third-order valence-electron chi connectivity index (χ3n) is 5.79. The minimum absolute atomic E-state index is 0. The first-order valence-corrected chi connectivity index (χ1v) is 10.7. The van der Waals surface area contributed by atoms with Gasteiger partial charge in [-0.15, -0.1) is 24.0 Å². The summed E-state index contributed by atoms with van der Waals surface area (Å²) in [6, 6.07) is -0.435. The highest BCUT2D eigenvalue weighted by Crippen LogP contribution is 2.14. The summed E-state index contributed by atoms with van der Waals surface area (Å²) in [5, 5.41) is 5.81. The fraction of sp³-hybridized carbons (Fsp3) is 0.789. The Bertz CT molecular complexity index is 630. The van der Waals surface area contributed by atoms with Crippen LogP contribution in [0.1, 0.15) is 26.7 Å². The molecule has 0 spiro atoms. The van der Waals surface area contributed by atoms with Crippen molar-refractivity contribution in [1.29, 1.82) is 0 Å². The molecule has 1 unspecified atom stereocenters. The van der Waals surface area contributed by atoms with Crippen molar-refractivity contribution >= 4 is 47.8 Å². The molecule has 3 aliphatic heterocycles. The number of piperazine rings is 1. The summed E-state index contributed by atoms with van der Waals surface area (Å²) < 4.78 is 0. The molecule has 3 heterocycles. The average molecular weight is 535 g/mol. The summed E-state index contributed by atoms with van der Waals surface area (Å²) in [5.41, 5.74) is 0. The van der Waals surface area contributed by atoms with E-state index in [0.717, 1.165) is 64.6 Å². The van der Waals surface area contributed by atoms with Gasteiger partial charge in [-0.25, -0.2) is 4.79 Å². The number of aliphatic imine (C=N–C) groups is 1. The van der Waals surface area contributed by atoms with Gasteiger partial charge >= 0.3 is 6.03 Å². The van der Waals surface area contributed by atoms with Gasteiger partial charge in [0.05, 0.1) is 25.7 Å². The van der Waals surface area contributed by atoms with Crippen molar-refractivity contribution in [1.82, 2.24) is 30.2 Å². The number of rotatable bonds is 6. The number of carbonyl (C=O) groups excluding carboxylic acids is 3. The standard InChI is InChI=1S/C19H33N7O3.HI/c1-3-20-18(21-6-9-26-16(27)14-22-19(26)29)25-12-10-23(11-13-25)15(2)17(28)24-7-4-5-8-24;/h15H,3-14H2,1-2H3,(H,20,21)(H,22,29);1H. The summed E-state index contributed by atoms with van der Waals surface area (Å²) in [6.45, 7) is 10.4. The molecule has 0 aromatic rings. The Hall–Kier alpha value is -1.63. The van der Waals surface area contributed by atoms with Gasteiger partial charge in [-0.3, -0.25) is 24.4 Å². The Kier molecular flexibility index (Phi) is 9.59. The van der Waals surface area contributed by atoms with Crippen LogP contribution >= 0.6 is 24.0 Å². The molecule has 0 aromatic heterocycles. The van der Waals surface area contributed by atoms with E-state index >= 15 is 0 Å². The van der Waals surface area contributed by atoms with Crippen molar-refractivity contribution in [3.8, 4) is 0 Å². The second kappa shape index (κ2) is 11.7. The number of nitrogens with one attached hydrogen (secondary N) is 2. The lowest BCUT2D eigenvalue weighted by Crippen LogP contribution is -2.57. The molecule has 30 heavy (non-hydrogen) atoms. The molecule has 170 valence electrons. The van der Waals surface area contributed by atoms with Gasteiger partial charge < -0.3 is 20.4 Å². The molecule has 0 aromatic carbocycles. The van der Waals surface area contributed by atoms with Crippen LogP contribution in [0.25, 0.3) is 0 Å². The second-order valence-corrected chi connectivity index (χ2v) is 7.67. The minimum Gasteiger partial charge on any atom is -0.357 e. The van der Waals surface area contributed by atoms with Crippen LogP contribution in [0.15, 0.2) is 4.99 Å². The topological polar surface area (TPSA) is 101 Å². The number of hydrogen-bond donors (Lipinski definition) is 2. The van der Waals surface area contributed by atoms with E-state index in [9.17, 15) is 14.4 Å². The Morgan fingerprint density at radius 2 is 1.77 bits per heavy atom. The summed E-state index contributed by atoms with van der Waals surface area (Å²) in [6.07, 6.45) is 2.22. The van der Waals surface area contributed by atoms with Gasteiger partial charge in [0, 0.05) is 45.8 Å². The minimum atomic E-state index is -0.347. The highest BCUT2D eigenvalue weighted by molar-refractivity contribution is 14.0. The van der Waals surface area contributed by atoms with Gasteiger partial charge in [-0.05, 0) is 26.7 Å². The number of nitrogens with zero attached hydrogens (tertiary/aromatic N) is 5. The lowest BCUT2D eigenvalue weighted by molar-refractivity contribution is -0.135. The SMILES string of the molecule is CCNC(=NCCN1C(=O)CNC1=O)N1CCN(C(C)C(=O)N2CCCC2)CC1.I. The van der Waals surface area contributed by atoms with Crippen LogP contribution in [0.3, 0.4) is 0 Å². The van der Waals surface area contributed by atoms with Gasteiger partial charge in [0.15, 0.2) is 5.96 Å². The lowest BCUT2D eigenvalue weighted by atomic mass is 10.2. The van der Waals surface area contributed by atoms with Crippen LogP contribution < -0.4 is 10.6 Å². The monoisotopic (exact) mass is 535 g/mol. The Balaban J connectivity index is 0.00000320. The van der Waals surface area contributed by atoms with Crippen molar-refractivity contribution < 1.29 is 14.4 Å². The summed E-state index contributed by atoms with van der Waals surface area (Å²) in [7, 11) is 0. The normalized spacial score (nSPS) is 21.5. The van der Waals surface area contributed by atoms with E-state index in [0.29, 0.717) is 6.54 Å². The van der Waals surface area contributed by atoms with Gasteiger partial charge in [0.2, 0.25) is 11.8 Å². The van der Waals surface area contributed by atoms with E-state index in [1.165, 1.54) is 4.90 Å². The van der Waals surface area contributed by atoms with Gasteiger partial charge in [-0.2, -0.15) is 0 Å². The van der Waals surface area contributed by atoms with Crippen molar-refractivity contribution in [2.75, 3.05) is 65.4 Å². The van der Waals surface area contributed by atoms with Crippen LogP contribution in [-0.4, -0.2) is 115 Å². The number of halogens is 1. The zero-order chi connectivity index (χ0) is 20.8. The number of carbonyl (C=O) groups is 3. The molecule has 10 nitrogen and oxygen atoms in total. The fourth-order valence-electron chi connectivity index (χ4n) is 4.04. The van der Waals surface area contributed by atoms with E-state index in [1.807, 2.05) is 18.7 Å². The first-order valence-electron chi connectivity index (χ1n) is 10.7. The largest absolute Gasteiger partial charge is 0.357 e. The van der Waals surface area contributed by atoms with E-state index in [-0.39, 0.29) is 61.0 Å². The predicted octanol–water partition coefficient (Wildman–Crippen LogP) is -0.250. The number of hydrogen-bond acceptors (Lipinski definition) is 5. The molecule has 3 aliphatic rings. The van der Waals surface area contributed by atoms with Crippen molar-refractivity contribution in [3.63, 3.8) is 0 Å². The third kappa shape index (κ3) is 5.96. The Labute approximate surface area is 195 Å². The zero-order valence-electron chi connectivity index (χ0n) is 17.9. The molecule has 4 amide bonds. The molecular formula is C19H34IN7O3. The summed E-state index contributed by atoms with van der Waals surface area (Å²) >= 11 is 0. The molecule has 2 N–H and O–H groups in total. The quantitative estimate of drug-likeness (QED) is 0.211. The molecule has 3 fully saturated rings. The van der Waals surface area contributed by atoms with Crippen LogP contribution in [-0.2, 0) is 9.59 Å². The number of imide groups is 1. The number of urea groups is 1. The smallest absolute Gasteiger partial charge is 0.324 e.